The molecule has 0 aliphatic heterocycles. The molecule has 0 radical (unpaired) electrons. The van der Waals surface area contributed by atoms with Crippen molar-refractivity contribution in [1.29, 1.82) is 0 Å². The van der Waals surface area contributed by atoms with Gasteiger partial charge in [-0.05, 0) is 46.5 Å². The molecule has 0 aliphatic carbocycles. The van der Waals surface area contributed by atoms with Crippen molar-refractivity contribution in [2.24, 2.45) is 0 Å². The van der Waals surface area contributed by atoms with Crippen molar-refractivity contribution in [3.8, 4) is 5.75 Å². The molecule has 8 nitrogen and oxygen atoms in total. The molecule has 0 spiro atoms. The minimum Gasteiger partial charge on any atom is -0.497 e. The molecule has 0 saturated carbocycles. The maximum Gasteiger partial charge on any atom is 0.247 e. The van der Waals surface area contributed by atoms with Crippen LogP contribution in [0.4, 0.5) is 0 Å². The molecule has 0 unspecified atom stereocenters. The zero-order valence-corrected chi connectivity index (χ0v) is 26.6. The fourth-order valence-corrected chi connectivity index (χ4v) is 5.83. The van der Waals surface area contributed by atoms with Gasteiger partial charge in [0.05, 0.1) is 19.9 Å². The van der Waals surface area contributed by atoms with E-state index in [0.29, 0.717) is 26.9 Å². The molecule has 0 heterocycles. The number of sulfonamides is 1. The van der Waals surface area contributed by atoms with Crippen LogP contribution < -0.4 is 10.1 Å². The zero-order valence-electron chi connectivity index (χ0n) is 24.3. The number of carbonyl (C=O) groups is 2. The average Bonchev–Trinajstić information content (AvgIpc) is 3.01. The number of ether oxygens (including phenoxy) is 1. The third-order valence-electron chi connectivity index (χ3n) is 6.96. The van der Waals surface area contributed by atoms with Crippen molar-refractivity contribution in [3.63, 3.8) is 0 Å². The summed E-state index contributed by atoms with van der Waals surface area (Å²) < 4.78 is 32.1. The highest BCUT2D eigenvalue weighted by Gasteiger charge is 2.34. The Bertz CT molecular complexity index is 1670. The van der Waals surface area contributed by atoms with Gasteiger partial charge >= 0.3 is 0 Å². The lowest BCUT2D eigenvalue weighted by atomic mass is 10.0. The summed E-state index contributed by atoms with van der Waals surface area (Å²) in [6.07, 6.45) is 1.06. The van der Waals surface area contributed by atoms with Gasteiger partial charge in [0, 0.05) is 29.7 Å². The van der Waals surface area contributed by atoms with Gasteiger partial charge in [0.15, 0.2) is 0 Å². The minimum absolute atomic E-state index is 0.000937. The second-order valence-electron chi connectivity index (χ2n) is 10.2. The fraction of sp³-hybridized carbons (Fsp3) is 0.212. The van der Waals surface area contributed by atoms with Gasteiger partial charge in [-0.15, -0.1) is 0 Å². The van der Waals surface area contributed by atoms with Crippen LogP contribution in [0.2, 0.25) is 10.0 Å². The largest absolute Gasteiger partial charge is 0.497 e. The van der Waals surface area contributed by atoms with Gasteiger partial charge in [-0.25, -0.2) is 8.42 Å². The number of amides is 2. The molecule has 1 N–H and O–H groups in total. The molecule has 44 heavy (non-hydrogen) atoms. The predicted octanol–water partition coefficient (Wildman–Crippen LogP) is 5.85. The molecule has 0 aliphatic rings. The van der Waals surface area contributed by atoms with Crippen molar-refractivity contribution in [3.05, 3.63) is 135 Å². The maximum atomic E-state index is 14.2. The van der Waals surface area contributed by atoms with Crippen LogP contribution in [0.3, 0.4) is 0 Å². The average molecular weight is 655 g/mol. The SMILES string of the molecule is COc1ccc(CN(C(=O)CN(Cc2ccccc2)S(C)(=O)=O)[C@H](C(=O)NCc2ccc(Cl)cc2Cl)c2ccccc2)cc1. The van der Waals surface area contributed by atoms with Gasteiger partial charge in [-0.1, -0.05) is 102 Å². The van der Waals surface area contributed by atoms with Crippen LogP contribution in [0.15, 0.2) is 103 Å². The van der Waals surface area contributed by atoms with Crippen LogP contribution >= 0.6 is 23.2 Å². The Morgan fingerprint density at radius 1 is 0.841 bits per heavy atom. The number of benzene rings is 4. The molecule has 0 bridgehead atoms. The van der Waals surface area contributed by atoms with Crippen molar-refractivity contribution < 1.29 is 22.7 Å². The molecular weight excluding hydrogens is 621 g/mol. The van der Waals surface area contributed by atoms with Gasteiger partial charge < -0.3 is 15.0 Å². The van der Waals surface area contributed by atoms with E-state index in [4.69, 9.17) is 27.9 Å². The van der Waals surface area contributed by atoms with Crippen molar-refractivity contribution >= 4 is 45.0 Å². The van der Waals surface area contributed by atoms with Gasteiger partial charge in [0.2, 0.25) is 21.8 Å². The van der Waals surface area contributed by atoms with Gasteiger partial charge in [0.25, 0.3) is 0 Å². The summed E-state index contributed by atoms with van der Waals surface area (Å²) in [7, 11) is -2.24. The second kappa shape index (κ2) is 15.2. The molecule has 4 aromatic carbocycles. The van der Waals surface area contributed by atoms with Crippen molar-refractivity contribution in [2.45, 2.75) is 25.7 Å². The maximum absolute atomic E-state index is 14.2. The van der Waals surface area contributed by atoms with E-state index >= 15 is 0 Å². The quantitative estimate of drug-likeness (QED) is 0.195. The van der Waals surface area contributed by atoms with E-state index in [1.54, 1.807) is 98.1 Å². The normalized spacial score (nSPS) is 12.0. The van der Waals surface area contributed by atoms with E-state index in [1.807, 2.05) is 12.1 Å². The Balaban J connectivity index is 1.71. The first kappa shape index (κ1) is 33.0. The standard InChI is InChI=1S/C33H33Cl2N3O5S/c1-43-29-17-13-25(14-18-29)22-38(31(39)23-37(44(2,41)42)21-24-9-5-3-6-10-24)32(26-11-7-4-8-12-26)33(40)36-20-27-15-16-28(34)19-30(27)35/h3-19,32H,20-23H2,1-2H3,(H,36,40)/t32-/m0/s1. The number of rotatable bonds is 13. The Labute approximate surface area is 268 Å². The summed E-state index contributed by atoms with van der Waals surface area (Å²) in [5.74, 6) is -0.372. The summed E-state index contributed by atoms with van der Waals surface area (Å²) in [5, 5.41) is 3.77. The molecule has 4 aromatic rings. The van der Waals surface area contributed by atoms with E-state index in [0.717, 1.165) is 21.7 Å². The number of nitrogens with one attached hydrogen (secondary N) is 1. The first-order chi connectivity index (χ1) is 21.0. The summed E-state index contributed by atoms with van der Waals surface area (Å²) in [6.45, 7) is -0.352. The third kappa shape index (κ3) is 9.06. The van der Waals surface area contributed by atoms with Crippen LogP contribution in [-0.2, 0) is 39.2 Å². The zero-order chi connectivity index (χ0) is 31.7. The lowest BCUT2D eigenvalue weighted by Gasteiger charge is -2.33. The highest BCUT2D eigenvalue weighted by Crippen LogP contribution is 2.27. The Morgan fingerprint density at radius 3 is 2.05 bits per heavy atom. The number of nitrogens with zero attached hydrogens (tertiary/aromatic N) is 2. The van der Waals surface area contributed by atoms with Gasteiger partial charge in [-0.2, -0.15) is 4.31 Å². The van der Waals surface area contributed by atoms with Crippen molar-refractivity contribution in [2.75, 3.05) is 19.9 Å². The third-order valence-corrected chi connectivity index (χ3v) is 8.74. The minimum atomic E-state index is -3.80. The smallest absolute Gasteiger partial charge is 0.247 e. The van der Waals surface area contributed by atoms with Gasteiger partial charge in [-0.3, -0.25) is 9.59 Å². The van der Waals surface area contributed by atoms with E-state index < -0.39 is 34.4 Å². The molecule has 2 amide bonds. The lowest BCUT2D eigenvalue weighted by Crippen LogP contribution is -2.47. The van der Waals surface area contributed by atoms with E-state index in [9.17, 15) is 18.0 Å². The number of hydrogen-bond donors (Lipinski definition) is 1. The molecule has 230 valence electrons. The first-order valence-electron chi connectivity index (χ1n) is 13.7. The number of halogens is 2. The lowest BCUT2D eigenvalue weighted by molar-refractivity contribution is -0.141. The molecular formula is C33H33Cl2N3O5S. The molecule has 0 aromatic heterocycles. The van der Waals surface area contributed by atoms with E-state index in [1.165, 1.54) is 4.90 Å². The Morgan fingerprint density at radius 2 is 1.45 bits per heavy atom. The van der Waals surface area contributed by atoms with Crippen LogP contribution in [0.1, 0.15) is 28.3 Å². The van der Waals surface area contributed by atoms with Crippen LogP contribution in [-0.4, -0.2) is 49.3 Å². The summed E-state index contributed by atoms with van der Waals surface area (Å²) >= 11 is 12.4. The summed E-state index contributed by atoms with van der Waals surface area (Å²) in [4.78, 5) is 29.6. The molecule has 4 rings (SSSR count). The van der Waals surface area contributed by atoms with Crippen molar-refractivity contribution in [1.82, 2.24) is 14.5 Å². The Hall–Kier alpha value is -3.89. The highest BCUT2D eigenvalue weighted by atomic mass is 35.5. The first-order valence-corrected chi connectivity index (χ1v) is 16.3. The van der Waals surface area contributed by atoms with Crippen LogP contribution in [0, 0.1) is 0 Å². The number of carbonyl (C=O) groups excluding carboxylic acids is 2. The van der Waals surface area contributed by atoms with E-state index in [2.05, 4.69) is 5.32 Å². The molecule has 11 heteroatoms. The second-order valence-corrected chi connectivity index (χ2v) is 13.0. The molecule has 1 atom stereocenters. The number of hydrogen-bond acceptors (Lipinski definition) is 5. The van der Waals surface area contributed by atoms with E-state index in [-0.39, 0.29) is 19.6 Å². The fourth-order valence-electron chi connectivity index (χ4n) is 4.62. The number of methoxy groups -OCH3 is 1. The predicted molar refractivity (Wildman–Crippen MR) is 173 cm³/mol. The summed E-state index contributed by atoms with van der Waals surface area (Å²) in [5.41, 5.74) is 2.66. The monoisotopic (exact) mass is 653 g/mol. The Kier molecular flexibility index (Phi) is 11.4. The topological polar surface area (TPSA) is 96.0 Å². The highest BCUT2D eigenvalue weighted by molar-refractivity contribution is 7.88. The summed E-state index contributed by atoms with van der Waals surface area (Å²) in [6, 6.07) is 28.9. The molecule has 0 saturated heterocycles. The van der Waals surface area contributed by atoms with Gasteiger partial charge in [0.1, 0.15) is 11.8 Å². The van der Waals surface area contributed by atoms with Crippen LogP contribution in [0.5, 0.6) is 5.75 Å². The van der Waals surface area contributed by atoms with Crippen LogP contribution in [0.25, 0.3) is 0 Å². The molecule has 0 fully saturated rings.